The third kappa shape index (κ3) is 5.61. The van der Waals surface area contributed by atoms with E-state index in [2.05, 4.69) is 25.5 Å². The first-order valence-corrected chi connectivity index (χ1v) is 10.2. The number of hydrogen-bond donors (Lipinski definition) is 2. The van der Waals surface area contributed by atoms with E-state index in [1.54, 1.807) is 13.3 Å². The summed E-state index contributed by atoms with van der Waals surface area (Å²) in [5.74, 6) is 2.87. The molecule has 2 heterocycles. The Morgan fingerprint density at radius 1 is 0.933 bits per heavy atom. The highest BCUT2D eigenvalue weighted by molar-refractivity contribution is 5.61. The van der Waals surface area contributed by atoms with Gasteiger partial charge in [-0.15, -0.1) is 0 Å². The zero-order valence-electron chi connectivity index (χ0n) is 17.2. The first kappa shape index (κ1) is 20.0. The van der Waals surface area contributed by atoms with Crippen LogP contribution in [0.2, 0.25) is 0 Å². The second kappa shape index (κ2) is 9.93. The van der Waals surface area contributed by atoms with Gasteiger partial charge in [-0.05, 0) is 68.4 Å². The highest BCUT2D eigenvalue weighted by atomic mass is 16.5. The smallest absolute Gasteiger partial charge is 0.229 e. The van der Waals surface area contributed by atoms with E-state index in [1.165, 1.54) is 25.9 Å². The second-order valence-corrected chi connectivity index (χ2v) is 7.17. The number of rotatable bonds is 9. The van der Waals surface area contributed by atoms with Crippen LogP contribution in [0.3, 0.4) is 0 Å². The summed E-state index contributed by atoms with van der Waals surface area (Å²) in [6.07, 6.45) is 4.32. The number of likely N-dealkylation sites (tertiary alicyclic amines) is 1. The molecule has 1 aromatic heterocycles. The fraction of sp³-hybridized carbons (Fsp3) is 0.304. The summed E-state index contributed by atoms with van der Waals surface area (Å²) >= 11 is 0. The molecule has 1 fully saturated rings. The largest absolute Gasteiger partial charge is 0.497 e. The molecule has 4 rings (SSSR count). The lowest BCUT2D eigenvalue weighted by molar-refractivity contribution is 0.238. The van der Waals surface area contributed by atoms with Crippen molar-refractivity contribution in [2.45, 2.75) is 12.8 Å². The van der Waals surface area contributed by atoms with E-state index in [4.69, 9.17) is 9.47 Å². The fourth-order valence-corrected chi connectivity index (χ4v) is 3.40. The summed E-state index contributed by atoms with van der Waals surface area (Å²) in [5, 5.41) is 6.50. The van der Waals surface area contributed by atoms with Crippen LogP contribution in [0.1, 0.15) is 12.8 Å². The third-order valence-corrected chi connectivity index (χ3v) is 4.98. The van der Waals surface area contributed by atoms with Crippen molar-refractivity contribution >= 4 is 23.1 Å². The maximum Gasteiger partial charge on any atom is 0.229 e. The van der Waals surface area contributed by atoms with Gasteiger partial charge in [0.25, 0.3) is 0 Å². The molecule has 1 saturated heterocycles. The molecular weight excluding hydrogens is 378 g/mol. The number of ether oxygens (including phenoxy) is 2. The van der Waals surface area contributed by atoms with Crippen molar-refractivity contribution in [3.8, 4) is 11.5 Å². The van der Waals surface area contributed by atoms with Gasteiger partial charge in [-0.3, -0.25) is 4.90 Å². The van der Waals surface area contributed by atoms with Crippen molar-refractivity contribution in [1.82, 2.24) is 14.9 Å². The number of methoxy groups -OCH3 is 1. The minimum Gasteiger partial charge on any atom is -0.497 e. The highest BCUT2D eigenvalue weighted by Gasteiger charge is 2.10. The first-order chi connectivity index (χ1) is 14.8. The molecule has 0 radical (unpaired) electrons. The van der Waals surface area contributed by atoms with Crippen LogP contribution >= 0.6 is 0 Å². The minimum absolute atomic E-state index is 0.519. The van der Waals surface area contributed by atoms with Crippen LogP contribution in [0.15, 0.2) is 60.8 Å². The Morgan fingerprint density at radius 2 is 1.77 bits per heavy atom. The van der Waals surface area contributed by atoms with Gasteiger partial charge in [0.15, 0.2) is 0 Å². The second-order valence-electron chi connectivity index (χ2n) is 7.17. The standard InChI is InChI=1S/C23H27N5O2/c1-29-21-6-4-5-19(17-21)25-22-11-12-24-23(27-22)26-18-7-9-20(10-8-18)30-16-15-28-13-2-3-14-28/h4-12,17H,2-3,13-16H2,1H3,(H2,24,25,26,27). The van der Waals surface area contributed by atoms with Crippen molar-refractivity contribution in [3.63, 3.8) is 0 Å². The number of nitrogens with zero attached hydrogens (tertiary/aromatic N) is 3. The topological polar surface area (TPSA) is 71.5 Å². The Morgan fingerprint density at radius 3 is 2.57 bits per heavy atom. The molecule has 0 atom stereocenters. The number of hydrogen-bond acceptors (Lipinski definition) is 7. The van der Waals surface area contributed by atoms with Crippen LogP contribution in [0.25, 0.3) is 0 Å². The fourth-order valence-electron chi connectivity index (χ4n) is 3.40. The van der Waals surface area contributed by atoms with E-state index in [0.717, 1.165) is 29.4 Å². The number of aromatic nitrogens is 2. The summed E-state index contributed by atoms with van der Waals surface area (Å²) in [4.78, 5) is 11.3. The van der Waals surface area contributed by atoms with Gasteiger partial charge in [0.1, 0.15) is 23.9 Å². The predicted molar refractivity (Wildman–Crippen MR) is 119 cm³/mol. The Kier molecular flexibility index (Phi) is 6.61. The van der Waals surface area contributed by atoms with Crippen LogP contribution in [-0.4, -0.2) is 48.2 Å². The molecule has 0 amide bonds. The van der Waals surface area contributed by atoms with E-state index >= 15 is 0 Å². The summed E-state index contributed by atoms with van der Waals surface area (Å²) in [7, 11) is 1.65. The van der Waals surface area contributed by atoms with Gasteiger partial charge in [0, 0.05) is 30.2 Å². The van der Waals surface area contributed by atoms with Crippen LogP contribution in [0, 0.1) is 0 Å². The number of anilines is 4. The van der Waals surface area contributed by atoms with Crippen LogP contribution in [-0.2, 0) is 0 Å². The van der Waals surface area contributed by atoms with E-state index in [9.17, 15) is 0 Å². The monoisotopic (exact) mass is 405 g/mol. The van der Waals surface area contributed by atoms with Gasteiger partial charge >= 0.3 is 0 Å². The Bertz CT molecular complexity index is 942. The lowest BCUT2D eigenvalue weighted by Gasteiger charge is -2.15. The Balaban J connectivity index is 1.31. The van der Waals surface area contributed by atoms with Gasteiger partial charge in [-0.25, -0.2) is 4.98 Å². The van der Waals surface area contributed by atoms with Gasteiger partial charge in [0.05, 0.1) is 7.11 Å². The molecule has 1 aliphatic rings. The Labute approximate surface area is 177 Å². The molecule has 1 aliphatic heterocycles. The quantitative estimate of drug-likeness (QED) is 0.545. The Hall–Kier alpha value is -3.32. The lowest BCUT2D eigenvalue weighted by atomic mass is 10.3. The van der Waals surface area contributed by atoms with Gasteiger partial charge in [-0.2, -0.15) is 4.98 Å². The third-order valence-electron chi connectivity index (χ3n) is 4.98. The van der Waals surface area contributed by atoms with Crippen molar-refractivity contribution in [3.05, 3.63) is 60.8 Å². The lowest BCUT2D eigenvalue weighted by Crippen LogP contribution is -2.25. The van der Waals surface area contributed by atoms with Gasteiger partial charge in [0.2, 0.25) is 5.95 Å². The minimum atomic E-state index is 0.519. The molecule has 30 heavy (non-hydrogen) atoms. The molecule has 0 unspecified atom stereocenters. The van der Waals surface area contributed by atoms with Crippen molar-refractivity contribution in [1.29, 1.82) is 0 Å². The maximum atomic E-state index is 5.86. The molecule has 0 spiro atoms. The van der Waals surface area contributed by atoms with Crippen molar-refractivity contribution in [2.75, 3.05) is 44.0 Å². The normalized spacial score (nSPS) is 13.8. The van der Waals surface area contributed by atoms with Gasteiger partial charge < -0.3 is 20.1 Å². The SMILES string of the molecule is COc1cccc(Nc2ccnc(Nc3ccc(OCCN4CCCC4)cc3)n2)c1. The van der Waals surface area contributed by atoms with Crippen LogP contribution < -0.4 is 20.1 Å². The van der Waals surface area contributed by atoms with E-state index in [0.29, 0.717) is 18.4 Å². The molecule has 0 saturated carbocycles. The molecule has 156 valence electrons. The molecule has 0 aliphatic carbocycles. The van der Waals surface area contributed by atoms with Crippen LogP contribution in [0.5, 0.6) is 11.5 Å². The summed E-state index contributed by atoms with van der Waals surface area (Å²) in [5.41, 5.74) is 1.80. The van der Waals surface area contributed by atoms with E-state index in [-0.39, 0.29) is 0 Å². The van der Waals surface area contributed by atoms with E-state index in [1.807, 2.05) is 54.6 Å². The van der Waals surface area contributed by atoms with Crippen LogP contribution in [0.4, 0.5) is 23.1 Å². The molecule has 3 aromatic rings. The number of benzene rings is 2. The molecule has 0 bridgehead atoms. The molecule has 2 aromatic carbocycles. The van der Waals surface area contributed by atoms with E-state index < -0.39 is 0 Å². The average molecular weight is 406 g/mol. The summed E-state index contributed by atoms with van der Waals surface area (Å²) in [6.45, 7) is 4.09. The molecule has 7 heteroatoms. The summed E-state index contributed by atoms with van der Waals surface area (Å²) in [6, 6.07) is 17.4. The molecule has 2 N–H and O–H groups in total. The van der Waals surface area contributed by atoms with Crippen molar-refractivity contribution in [2.24, 2.45) is 0 Å². The zero-order chi connectivity index (χ0) is 20.6. The molecule has 7 nitrogen and oxygen atoms in total. The molecular formula is C23H27N5O2. The first-order valence-electron chi connectivity index (χ1n) is 10.2. The van der Waals surface area contributed by atoms with Gasteiger partial charge in [-0.1, -0.05) is 6.07 Å². The number of nitrogens with one attached hydrogen (secondary N) is 2. The zero-order valence-corrected chi connectivity index (χ0v) is 17.2. The predicted octanol–water partition coefficient (Wildman–Crippen LogP) is 4.45. The van der Waals surface area contributed by atoms with Crippen molar-refractivity contribution < 1.29 is 9.47 Å². The average Bonchev–Trinajstić information content (AvgIpc) is 3.29. The highest BCUT2D eigenvalue weighted by Crippen LogP contribution is 2.22. The maximum absolute atomic E-state index is 5.86. The summed E-state index contributed by atoms with van der Waals surface area (Å²) < 4.78 is 11.1.